The van der Waals surface area contributed by atoms with Crippen LogP contribution in [0.4, 0.5) is 0 Å². The van der Waals surface area contributed by atoms with Crippen molar-refractivity contribution in [1.29, 1.82) is 0 Å². The Balaban J connectivity index is 1.69. The van der Waals surface area contributed by atoms with Gasteiger partial charge in [-0.15, -0.1) is 11.3 Å². The first-order valence-corrected chi connectivity index (χ1v) is 9.69. The molecule has 0 N–H and O–H groups in total. The van der Waals surface area contributed by atoms with Gasteiger partial charge in [0, 0.05) is 23.9 Å². The number of aryl methyl sites for hydroxylation is 2. The Labute approximate surface area is 158 Å². The highest BCUT2D eigenvalue weighted by Crippen LogP contribution is 2.27. The lowest BCUT2D eigenvalue weighted by Gasteiger charge is -2.32. The number of ether oxygens (including phenoxy) is 1. The maximum Gasteiger partial charge on any atom is 0.227 e. The van der Waals surface area contributed by atoms with Crippen molar-refractivity contribution in [3.05, 3.63) is 45.4 Å². The first-order valence-electron chi connectivity index (χ1n) is 8.87. The van der Waals surface area contributed by atoms with E-state index >= 15 is 0 Å². The van der Waals surface area contributed by atoms with E-state index in [9.17, 15) is 9.59 Å². The van der Waals surface area contributed by atoms with Gasteiger partial charge in [0.1, 0.15) is 5.75 Å². The highest BCUT2D eigenvalue weighted by molar-refractivity contribution is 7.11. The Morgan fingerprint density at radius 3 is 2.77 bits per heavy atom. The highest BCUT2D eigenvalue weighted by Gasteiger charge is 2.30. The Bertz CT molecular complexity index is 815. The number of ketones is 1. The number of thiazole rings is 1. The zero-order chi connectivity index (χ0) is 18.7. The molecule has 0 spiro atoms. The Morgan fingerprint density at radius 1 is 1.31 bits per heavy atom. The largest absolute Gasteiger partial charge is 0.496 e. The number of likely N-dealkylation sites (tertiary alicyclic amines) is 1. The molecule has 1 aromatic carbocycles. The molecule has 1 aliphatic heterocycles. The van der Waals surface area contributed by atoms with Crippen LogP contribution in [0.2, 0.25) is 0 Å². The van der Waals surface area contributed by atoms with Crippen LogP contribution in [0.5, 0.6) is 5.75 Å². The second-order valence-corrected chi connectivity index (χ2v) is 7.95. The molecule has 1 saturated heterocycles. The smallest absolute Gasteiger partial charge is 0.227 e. The number of piperidine rings is 1. The van der Waals surface area contributed by atoms with E-state index in [1.165, 1.54) is 0 Å². The van der Waals surface area contributed by atoms with E-state index in [1.54, 1.807) is 30.6 Å². The number of methoxy groups -OCH3 is 1. The third kappa shape index (κ3) is 3.96. The van der Waals surface area contributed by atoms with Crippen molar-refractivity contribution >= 4 is 23.0 Å². The molecule has 0 saturated carbocycles. The summed E-state index contributed by atoms with van der Waals surface area (Å²) in [5, 5.41) is 0.980. The summed E-state index contributed by atoms with van der Waals surface area (Å²) < 4.78 is 5.32. The van der Waals surface area contributed by atoms with Gasteiger partial charge in [-0.1, -0.05) is 12.1 Å². The molecular formula is C20H24N2O3S. The van der Waals surface area contributed by atoms with E-state index in [2.05, 4.69) is 4.98 Å². The van der Waals surface area contributed by atoms with E-state index in [0.29, 0.717) is 30.8 Å². The van der Waals surface area contributed by atoms with Crippen molar-refractivity contribution < 1.29 is 14.3 Å². The maximum absolute atomic E-state index is 12.9. The summed E-state index contributed by atoms with van der Waals surface area (Å²) in [4.78, 5) is 32.9. The molecule has 5 nitrogen and oxygen atoms in total. The lowest BCUT2D eigenvalue weighted by Crippen LogP contribution is -2.43. The molecule has 1 atom stereocenters. The van der Waals surface area contributed by atoms with Crippen LogP contribution in [0.3, 0.4) is 0 Å². The van der Waals surface area contributed by atoms with Crippen LogP contribution in [-0.2, 0) is 11.2 Å². The molecular weight excluding hydrogens is 348 g/mol. The standard InChI is InChI=1S/C20H24N2O3S/c1-13-18(26-14(2)21-13)11-19(23)22-10-6-7-15(12-22)20(24)16-8-4-5-9-17(16)25-3/h4-5,8-9,15H,6-7,10-12H2,1-3H3/t15-/m1/s1. The fourth-order valence-electron chi connectivity index (χ4n) is 3.47. The van der Waals surface area contributed by atoms with Gasteiger partial charge in [-0.2, -0.15) is 0 Å². The van der Waals surface area contributed by atoms with Gasteiger partial charge in [0.15, 0.2) is 5.78 Å². The average Bonchev–Trinajstić information content (AvgIpc) is 2.98. The normalized spacial score (nSPS) is 17.2. The fourth-order valence-corrected chi connectivity index (χ4v) is 4.40. The zero-order valence-corrected chi connectivity index (χ0v) is 16.3. The SMILES string of the molecule is COc1ccccc1C(=O)[C@@H]1CCCN(C(=O)Cc2sc(C)nc2C)C1. The molecule has 6 heteroatoms. The van der Waals surface area contributed by atoms with Crippen molar-refractivity contribution in [2.45, 2.75) is 33.1 Å². The van der Waals surface area contributed by atoms with Crippen molar-refractivity contribution in [3.8, 4) is 5.75 Å². The summed E-state index contributed by atoms with van der Waals surface area (Å²) in [6.45, 7) is 5.09. The quantitative estimate of drug-likeness (QED) is 0.755. The summed E-state index contributed by atoms with van der Waals surface area (Å²) in [5.74, 6) is 0.559. The Morgan fingerprint density at radius 2 is 2.08 bits per heavy atom. The number of carbonyl (C=O) groups is 2. The number of para-hydroxylation sites is 1. The molecule has 2 heterocycles. The molecule has 1 aromatic heterocycles. The Kier molecular flexibility index (Phi) is 5.71. The van der Waals surface area contributed by atoms with Crippen LogP contribution in [0, 0.1) is 19.8 Å². The minimum atomic E-state index is -0.173. The summed E-state index contributed by atoms with van der Waals surface area (Å²) >= 11 is 1.57. The number of rotatable bonds is 5. The first-order chi connectivity index (χ1) is 12.5. The van der Waals surface area contributed by atoms with Crippen molar-refractivity contribution in [2.75, 3.05) is 20.2 Å². The monoisotopic (exact) mass is 372 g/mol. The third-order valence-electron chi connectivity index (χ3n) is 4.83. The molecule has 26 heavy (non-hydrogen) atoms. The van der Waals surface area contributed by atoms with Gasteiger partial charge in [0.25, 0.3) is 0 Å². The number of Topliss-reactive ketones (excluding diaryl/α,β-unsaturated/α-hetero) is 1. The van der Waals surface area contributed by atoms with Gasteiger partial charge in [-0.05, 0) is 38.8 Å². The predicted octanol–water partition coefficient (Wildman–Crippen LogP) is 3.43. The predicted molar refractivity (Wildman–Crippen MR) is 102 cm³/mol. The van der Waals surface area contributed by atoms with Crippen molar-refractivity contribution in [1.82, 2.24) is 9.88 Å². The van der Waals surface area contributed by atoms with E-state index in [4.69, 9.17) is 4.74 Å². The highest BCUT2D eigenvalue weighted by atomic mass is 32.1. The molecule has 2 aromatic rings. The minimum absolute atomic E-state index is 0.0600. The number of benzene rings is 1. The molecule has 1 amide bonds. The molecule has 0 radical (unpaired) electrons. The van der Waals surface area contributed by atoms with Gasteiger partial charge in [-0.3, -0.25) is 9.59 Å². The number of aromatic nitrogens is 1. The lowest BCUT2D eigenvalue weighted by molar-refractivity contribution is -0.131. The van der Waals surface area contributed by atoms with Crippen molar-refractivity contribution in [3.63, 3.8) is 0 Å². The van der Waals surface area contributed by atoms with E-state index in [0.717, 1.165) is 28.4 Å². The van der Waals surface area contributed by atoms with E-state index in [1.807, 2.05) is 30.9 Å². The first kappa shape index (κ1) is 18.6. The summed E-state index contributed by atoms with van der Waals surface area (Å²) in [7, 11) is 1.57. The van der Waals surface area contributed by atoms with Crippen LogP contribution in [0.25, 0.3) is 0 Å². The molecule has 1 fully saturated rings. The topological polar surface area (TPSA) is 59.5 Å². The van der Waals surface area contributed by atoms with E-state index in [-0.39, 0.29) is 17.6 Å². The summed E-state index contributed by atoms with van der Waals surface area (Å²) in [6.07, 6.45) is 2.02. The maximum atomic E-state index is 12.9. The van der Waals surface area contributed by atoms with Crippen LogP contribution in [-0.4, -0.2) is 41.8 Å². The van der Waals surface area contributed by atoms with Gasteiger partial charge in [0.05, 0.1) is 29.8 Å². The molecule has 0 bridgehead atoms. The molecule has 3 rings (SSSR count). The molecule has 0 unspecified atom stereocenters. The van der Waals surface area contributed by atoms with Crippen LogP contribution in [0.1, 0.15) is 38.8 Å². The summed E-state index contributed by atoms with van der Waals surface area (Å²) in [6, 6.07) is 7.29. The average molecular weight is 372 g/mol. The number of hydrogen-bond donors (Lipinski definition) is 0. The van der Waals surface area contributed by atoms with Gasteiger partial charge >= 0.3 is 0 Å². The van der Waals surface area contributed by atoms with Crippen LogP contribution in [0.15, 0.2) is 24.3 Å². The second-order valence-electron chi connectivity index (χ2n) is 6.66. The minimum Gasteiger partial charge on any atom is -0.496 e. The van der Waals surface area contributed by atoms with Crippen LogP contribution < -0.4 is 4.74 Å². The lowest BCUT2D eigenvalue weighted by atomic mass is 9.89. The van der Waals surface area contributed by atoms with E-state index < -0.39 is 0 Å². The molecule has 138 valence electrons. The van der Waals surface area contributed by atoms with Gasteiger partial charge in [0.2, 0.25) is 5.91 Å². The number of carbonyl (C=O) groups excluding carboxylic acids is 2. The van der Waals surface area contributed by atoms with Crippen LogP contribution >= 0.6 is 11.3 Å². The molecule has 1 aliphatic rings. The van der Waals surface area contributed by atoms with Gasteiger partial charge in [-0.25, -0.2) is 4.98 Å². The number of amides is 1. The van der Waals surface area contributed by atoms with Gasteiger partial charge < -0.3 is 9.64 Å². The number of hydrogen-bond acceptors (Lipinski definition) is 5. The van der Waals surface area contributed by atoms with Crippen molar-refractivity contribution in [2.24, 2.45) is 5.92 Å². The summed E-state index contributed by atoms with van der Waals surface area (Å²) in [5.41, 5.74) is 1.53. The third-order valence-corrected chi connectivity index (χ3v) is 5.90. The second kappa shape index (κ2) is 7.99. The number of nitrogens with zero attached hydrogens (tertiary/aromatic N) is 2. The fraction of sp³-hybridized carbons (Fsp3) is 0.450. The zero-order valence-electron chi connectivity index (χ0n) is 15.4. The molecule has 0 aliphatic carbocycles. The Hall–Kier alpha value is -2.21.